The first-order valence-electron chi connectivity index (χ1n) is 9.74. The van der Waals surface area contributed by atoms with E-state index in [1.807, 2.05) is 66.7 Å². The molecule has 0 fully saturated rings. The first kappa shape index (κ1) is 20.3. The van der Waals surface area contributed by atoms with E-state index in [1.54, 1.807) is 25.5 Å². The number of aliphatic hydroxyl groups excluding tert-OH is 1. The van der Waals surface area contributed by atoms with Gasteiger partial charge in [-0.3, -0.25) is 0 Å². The number of fused-ring (bicyclic) bond motifs is 2. The maximum absolute atomic E-state index is 13.4. The van der Waals surface area contributed by atoms with E-state index in [0.29, 0.717) is 0 Å². The lowest BCUT2D eigenvalue weighted by Gasteiger charge is -2.29. The number of hydrogen-bond donors (Lipinski definition) is 2. The maximum Gasteiger partial charge on any atom is 0.336 e. The second-order valence-electron chi connectivity index (χ2n) is 7.98. The van der Waals surface area contributed by atoms with Crippen LogP contribution in [0.15, 0.2) is 78.9 Å². The van der Waals surface area contributed by atoms with Crippen LogP contribution in [0.3, 0.4) is 0 Å². The van der Waals surface area contributed by atoms with Crippen LogP contribution in [-0.2, 0) is 4.57 Å². The van der Waals surface area contributed by atoms with E-state index in [4.69, 9.17) is 0 Å². The predicted octanol–water partition coefficient (Wildman–Crippen LogP) is 6.09. The molecule has 152 valence electrons. The van der Waals surface area contributed by atoms with Crippen molar-refractivity contribution in [1.82, 2.24) is 0 Å². The number of carboxylic acids is 1. The lowest BCUT2D eigenvalue weighted by molar-refractivity contribution is 0.0688. The van der Waals surface area contributed by atoms with Crippen molar-refractivity contribution >= 4 is 34.7 Å². The largest absolute Gasteiger partial charge is 0.478 e. The molecule has 30 heavy (non-hydrogen) atoms. The minimum Gasteiger partial charge on any atom is -0.478 e. The molecule has 4 aromatic carbocycles. The van der Waals surface area contributed by atoms with E-state index in [2.05, 4.69) is 0 Å². The number of aliphatic hydroxyl groups is 1. The minimum atomic E-state index is -2.88. The summed E-state index contributed by atoms with van der Waals surface area (Å²) in [5, 5.41) is 24.8. The number of carbonyl (C=O) groups is 1. The maximum atomic E-state index is 13.4. The zero-order valence-electron chi connectivity index (χ0n) is 16.8. The molecule has 0 aliphatic carbocycles. The smallest absolute Gasteiger partial charge is 0.336 e. The van der Waals surface area contributed by atoms with Crippen LogP contribution in [-0.4, -0.2) is 29.5 Å². The fourth-order valence-electron chi connectivity index (χ4n) is 4.21. The molecule has 4 aromatic rings. The highest BCUT2D eigenvalue weighted by Crippen LogP contribution is 2.59. The predicted molar refractivity (Wildman–Crippen MR) is 122 cm³/mol. The molecule has 4 nitrogen and oxygen atoms in total. The van der Waals surface area contributed by atoms with Crippen LogP contribution in [0.1, 0.15) is 33.2 Å². The standard InChI is InChI=1S/C25H23O4P/c1-30(2,29)24(20-13-7-11-16-8-5-6-12-19(16)20)23(26)21-14-17-9-3-4-10-18(17)15-22(21)25(27)28/h3-15,23-24,26H,1-2H3,(H,27,28). The molecule has 2 unspecified atom stereocenters. The van der Waals surface area contributed by atoms with Gasteiger partial charge in [0.2, 0.25) is 0 Å². The van der Waals surface area contributed by atoms with E-state index in [-0.39, 0.29) is 11.1 Å². The Kier molecular flexibility index (Phi) is 5.23. The molecule has 4 rings (SSSR count). The second kappa shape index (κ2) is 7.71. The van der Waals surface area contributed by atoms with Gasteiger partial charge >= 0.3 is 5.97 Å². The van der Waals surface area contributed by atoms with Crippen LogP contribution >= 0.6 is 7.14 Å². The van der Waals surface area contributed by atoms with Crippen molar-refractivity contribution in [3.05, 3.63) is 95.6 Å². The third-order valence-electron chi connectivity index (χ3n) is 5.58. The Morgan fingerprint density at radius 1 is 0.800 bits per heavy atom. The second-order valence-corrected chi connectivity index (χ2v) is 11.4. The van der Waals surface area contributed by atoms with Gasteiger partial charge in [0.1, 0.15) is 0 Å². The lowest BCUT2D eigenvalue weighted by Crippen LogP contribution is -2.15. The van der Waals surface area contributed by atoms with Crippen molar-refractivity contribution in [2.45, 2.75) is 11.8 Å². The Morgan fingerprint density at radius 3 is 2.00 bits per heavy atom. The molecule has 0 heterocycles. The average molecular weight is 418 g/mol. The van der Waals surface area contributed by atoms with Crippen molar-refractivity contribution < 1.29 is 19.6 Å². The summed E-state index contributed by atoms with van der Waals surface area (Å²) < 4.78 is 13.4. The van der Waals surface area contributed by atoms with Crippen LogP contribution < -0.4 is 0 Å². The van der Waals surface area contributed by atoms with Crippen molar-refractivity contribution in [2.24, 2.45) is 0 Å². The molecule has 5 heteroatoms. The quantitative estimate of drug-likeness (QED) is 0.385. The highest BCUT2D eigenvalue weighted by Gasteiger charge is 2.36. The zero-order valence-corrected chi connectivity index (χ0v) is 17.7. The lowest BCUT2D eigenvalue weighted by atomic mass is 9.91. The van der Waals surface area contributed by atoms with Gasteiger partial charge in [0.05, 0.1) is 24.5 Å². The molecule has 0 amide bonds. The van der Waals surface area contributed by atoms with Crippen molar-refractivity contribution in [3.8, 4) is 0 Å². The first-order valence-corrected chi connectivity index (χ1v) is 12.4. The highest BCUT2D eigenvalue weighted by atomic mass is 31.2. The van der Waals surface area contributed by atoms with Crippen LogP contribution in [0.5, 0.6) is 0 Å². The first-order chi connectivity index (χ1) is 14.3. The van der Waals surface area contributed by atoms with Gasteiger partial charge in [0.15, 0.2) is 0 Å². The summed E-state index contributed by atoms with van der Waals surface area (Å²) in [6.45, 7) is 3.29. The third kappa shape index (κ3) is 3.65. The monoisotopic (exact) mass is 418 g/mol. The SMILES string of the molecule is CP(C)(=O)C(c1cccc2ccccc12)C(O)c1cc2ccccc2cc1C(=O)O. The van der Waals surface area contributed by atoms with Gasteiger partial charge in [-0.15, -0.1) is 0 Å². The Hall–Kier alpha value is -2.94. The van der Waals surface area contributed by atoms with Crippen LogP contribution in [0.2, 0.25) is 0 Å². The molecule has 2 atom stereocenters. The van der Waals surface area contributed by atoms with E-state index in [1.165, 1.54) is 0 Å². The van der Waals surface area contributed by atoms with E-state index in [0.717, 1.165) is 27.1 Å². The zero-order chi connectivity index (χ0) is 21.5. The normalized spacial score (nSPS) is 14.0. The summed E-state index contributed by atoms with van der Waals surface area (Å²) in [6, 6.07) is 24.2. The van der Waals surface area contributed by atoms with Crippen molar-refractivity contribution in [1.29, 1.82) is 0 Å². The number of rotatable bonds is 5. The van der Waals surface area contributed by atoms with E-state index in [9.17, 15) is 19.6 Å². The number of aromatic carboxylic acids is 1. The Balaban J connectivity index is 1.96. The summed E-state index contributed by atoms with van der Waals surface area (Å²) in [7, 11) is -2.88. The van der Waals surface area contributed by atoms with Crippen LogP contribution in [0, 0.1) is 0 Å². The molecule has 0 saturated carbocycles. The molecule has 0 aliphatic rings. The summed E-state index contributed by atoms with van der Waals surface area (Å²) >= 11 is 0. The molecule has 0 saturated heterocycles. The summed E-state index contributed by atoms with van der Waals surface area (Å²) in [5.74, 6) is -1.12. The van der Waals surface area contributed by atoms with Gasteiger partial charge in [-0.25, -0.2) is 4.79 Å². The highest BCUT2D eigenvalue weighted by molar-refractivity contribution is 7.62. The number of carboxylic acid groups (broad SMARTS) is 1. The minimum absolute atomic E-state index is 0.0277. The topological polar surface area (TPSA) is 74.6 Å². The van der Waals surface area contributed by atoms with E-state index < -0.39 is 24.9 Å². The van der Waals surface area contributed by atoms with Gasteiger partial charge in [0, 0.05) is 0 Å². The molecule has 0 aromatic heterocycles. The van der Waals surface area contributed by atoms with Crippen LogP contribution in [0.4, 0.5) is 0 Å². The molecular formula is C25H23O4P. The Labute approximate surface area is 175 Å². The summed E-state index contributed by atoms with van der Waals surface area (Å²) in [5.41, 5.74) is 0.337. The molecule has 0 radical (unpaired) electrons. The van der Waals surface area contributed by atoms with Gasteiger partial charge in [0.25, 0.3) is 0 Å². The van der Waals surface area contributed by atoms with Gasteiger partial charge in [-0.05, 0) is 58.1 Å². The summed E-state index contributed by atoms with van der Waals surface area (Å²) in [4.78, 5) is 12.0. The van der Waals surface area contributed by atoms with Gasteiger partial charge < -0.3 is 14.8 Å². The van der Waals surface area contributed by atoms with E-state index >= 15 is 0 Å². The molecular weight excluding hydrogens is 395 g/mol. The van der Waals surface area contributed by atoms with Crippen molar-refractivity contribution in [3.63, 3.8) is 0 Å². The third-order valence-corrected chi connectivity index (χ3v) is 7.48. The molecule has 2 N–H and O–H groups in total. The molecule has 0 spiro atoms. The average Bonchev–Trinajstić information content (AvgIpc) is 2.72. The van der Waals surface area contributed by atoms with Crippen LogP contribution in [0.25, 0.3) is 21.5 Å². The van der Waals surface area contributed by atoms with Gasteiger partial charge in [-0.1, -0.05) is 66.7 Å². The van der Waals surface area contributed by atoms with Crippen molar-refractivity contribution in [2.75, 3.05) is 13.3 Å². The fourth-order valence-corrected chi connectivity index (χ4v) is 5.95. The Morgan fingerprint density at radius 2 is 1.37 bits per heavy atom. The number of benzene rings is 4. The van der Waals surface area contributed by atoms with Gasteiger partial charge in [-0.2, -0.15) is 0 Å². The number of hydrogen-bond acceptors (Lipinski definition) is 3. The Bertz CT molecular complexity index is 1300. The molecule has 0 bridgehead atoms. The fraction of sp³-hybridized carbons (Fsp3) is 0.160. The molecule has 0 aliphatic heterocycles. The summed E-state index contributed by atoms with van der Waals surface area (Å²) in [6.07, 6.45) is -1.23.